The standard InChI is InChI=1S/C12H15ClF3N/c13-7-2-4-10-3-1-5-11(9-10)17-8-6-12(14,15)16/h1,3,5,9,17H,2,4,6-8H2. The molecule has 0 unspecified atom stereocenters. The molecule has 0 atom stereocenters. The number of hydrogen-bond donors (Lipinski definition) is 1. The predicted octanol–water partition coefficient (Wildman–Crippen LogP) is 4.22. The number of benzene rings is 1. The zero-order valence-electron chi connectivity index (χ0n) is 9.36. The van der Waals surface area contributed by atoms with E-state index in [2.05, 4.69) is 5.32 Å². The lowest BCUT2D eigenvalue weighted by Crippen LogP contribution is -2.14. The lowest BCUT2D eigenvalue weighted by Gasteiger charge is -2.10. The van der Waals surface area contributed by atoms with E-state index in [0.29, 0.717) is 5.88 Å². The third-order valence-corrected chi connectivity index (χ3v) is 2.53. The van der Waals surface area contributed by atoms with Crippen molar-refractivity contribution in [2.24, 2.45) is 0 Å². The Bertz CT molecular complexity index is 339. The van der Waals surface area contributed by atoms with E-state index < -0.39 is 12.6 Å². The van der Waals surface area contributed by atoms with E-state index in [4.69, 9.17) is 11.6 Å². The van der Waals surface area contributed by atoms with Gasteiger partial charge in [-0.05, 0) is 30.5 Å². The van der Waals surface area contributed by atoms with Gasteiger partial charge < -0.3 is 5.32 Å². The Morgan fingerprint density at radius 3 is 2.65 bits per heavy atom. The lowest BCUT2D eigenvalue weighted by atomic mass is 10.1. The second kappa shape index (κ2) is 6.74. The van der Waals surface area contributed by atoms with Gasteiger partial charge in [0.1, 0.15) is 0 Å². The van der Waals surface area contributed by atoms with Gasteiger partial charge in [-0.3, -0.25) is 0 Å². The molecule has 0 saturated heterocycles. The summed E-state index contributed by atoms with van der Waals surface area (Å²) in [6, 6.07) is 7.41. The highest BCUT2D eigenvalue weighted by molar-refractivity contribution is 6.17. The summed E-state index contributed by atoms with van der Waals surface area (Å²) in [4.78, 5) is 0. The van der Waals surface area contributed by atoms with Crippen molar-refractivity contribution in [1.29, 1.82) is 0 Å². The van der Waals surface area contributed by atoms with E-state index in [1.807, 2.05) is 18.2 Å². The molecule has 1 N–H and O–H groups in total. The van der Waals surface area contributed by atoms with Crippen molar-refractivity contribution in [1.82, 2.24) is 0 Å². The molecule has 0 aromatic heterocycles. The second-order valence-electron chi connectivity index (χ2n) is 3.78. The molecule has 1 rings (SSSR count). The Kier molecular flexibility index (Phi) is 5.62. The van der Waals surface area contributed by atoms with Gasteiger partial charge in [0.2, 0.25) is 0 Å². The van der Waals surface area contributed by atoms with Crippen molar-refractivity contribution >= 4 is 17.3 Å². The minimum absolute atomic E-state index is 0.0948. The number of nitrogens with one attached hydrogen (secondary N) is 1. The van der Waals surface area contributed by atoms with Gasteiger partial charge in [-0.1, -0.05) is 12.1 Å². The summed E-state index contributed by atoms with van der Waals surface area (Å²) in [5.74, 6) is 0.589. The summed E-state index contributed by atoms with van der Waals surface area (Å²) in [5, 5.41) is 2.77. The van der Waals surface area contributed by atoms with Crippen molar-refractivity contribution < 1.29 is 13.2 Å². The van der Waals surface area contributed by atoms with Crippen molar-refractivity contribution in [3.05, 3.63) is 29.8 Å². The molecule has 0 aliphatic heterocycles. The third-order valence-electron chi connectivity index (χ3n) is 2.26. The lowest BCUT2D eigenvalue weighted by molar-refractivity contribution is -0.131. The van der Waals surface area contributed by atoms with Crippen molar-refractivity contribution in [2.45, 2.75) is 25.4 Å². The fraction of sp³-hybridized carbons (Fsp3) is 0.500. The largest absolute Gasteiger partial charge is 0.390 e. The van der Waals surface area contributed by atoms with Gasteiger partial charge in [0.05, 0.1) is 6.42 Å². The minimum Gasteiger partial charge on any atom is -0.385 e. The van der Waals surface area contributed by atoms with Crippen LogP contribution < -0.4 is 5.32 Å². The molecule has 0 saturated carbocycles. The van der Waals surface area contributed by atoms with Crippen LogP contribution in [0.5, 0.6) is 0 Å². The van der Waals surface area contributed by atoms with Gasteiger partial charge in [0.25, 0.3) is 0 Å². The highest BCUT2D eigenvalue weighted by Gasteiger charge is 2.25. The normalized spacial score (nSPS) is 11.5. The maximum absolute atomic E-state index is 11.9. The van der Waals surface area contributed by atoms with Crippen LogP contribution in [0.25, 0.3) is 0 Å². The highest BCUT2D eigenvalue weighted by Crippen LogP contribution is 2.20. The summed E-state index contributed by atoms with van der Waals surface area (Å²) < 4.78 is 35.8. The Labute approximate surface area is 104 Å². The summed E-state index contributed by atoms with van der Waals surface area (Å²) in [6.07, 6.45) is -3.21. The third kappa shape index (κ3) is 6.41. The van der Waals surface area contributed by atoms with Crippen LogP contribution in [-0.4, -0.2) is 18.6 Å². The van der Waals surface area contributed by atoms with E-state index in [-0.39, 0.29) is 6.54 Å². The van der Waals surface area contributed by atoms with E-state index in [1.54, 1.807) is 6.07 Å². The molecule has 1 aromatic carbocycles. The molecule has 1 aromatic rings. The van der Waals surface area contributed by atoms with Crippen LogP contribution in [0.15, 0.2) is 24.3 Å². The molecule has 0 radical (unpaired) electrons. The van der Waals surface area contributed by atoms with Gasteiger partial charge in [-0.25, -0.2) is 0 Å². The molecule has 1 nitrogen and oxygen atoms in total. The molecular formula is C12H15ClF3N. The smallest absolute Gasteiger partial charge is 0.385 e. The number of halogens is 4. The van der Waals surface area contributed by atoms with E-state index in [1.165, 1.54) is 0 Å². The zero-order chi connectivity index (χ0) is 12.7. The molecule has 0 bridgehead atoms. The van der Waals surface area contributed by atoms with Crippen molar-refractivity contribution in [3.8, 4) is 0 Å². The summed E-state index contributed by atoms with van der Waals surface area (Å²) in [6.45, 7) is -0.0948. The molecule has 0 aliphatic carbocycles. The average molecular weight is 266 g/mol. The van der Waals surface area contributed by atoms with Crippen LogP contribution >= 0.6 is 11.6 Å². The van der Waals surface area contributed by atoms with Gasteiger partial charge >= 0.3 is 6.18 Å². The van der Waals surface area contributed by atoms with Crippen LogP contribution in [0.1, 0.15) is 18.4 Å². The molecule has 5 heteroatoms. The Balaban J connectivity index is 2.43. The van der Waals surface area contributed by atoms with Crippen LogP contribution in [0, 0.1) is 0 Å². The molecule has 0 fully saturated rings. The van der Waals surface area contributed by atoms with Gasteiger partial charge in [0.15, 0.2) is 0 Å². The molecule has 96 valence electrons. The second-order valence-corrected chi connectivity index (χ2v) is 4.16. The number of hydrogen-bond acceptors (Lipinski definition) is 1. The maximum Gasteiger partial charge on any atom is 0.390 e. The molecular weight excluding hydrogens is 251 g/mol. The molecule has 17 heavy (non-hydrogen) atoms. The molecule has 0 spiro atoms. The number of aryl methyl sites for hydroxylation is 1. The first kappa shape index (κ1) is 14.2. The minimum atomic E-state index is -4.11. The highest BCUT2D eigenvalue weighted by atomic mass is 35.5. The number of anilines is 1. The summed E-state index contributed by atoms with van der Waals surface area (Å²) in [5.41, 5.74) is 1.81. The van der Waals surface area contributed by atoms with E-state index >= 15 is 0 Å². The van der Waals surface area contributed by atoms with Crippen LogP contribution in [-0.2, 0) is 6.42 Å². The molecule has 0 amide bonds. The van der Waals surface area contributed by atoms with Gasteiger partial charge in [-0.2, -0.15) is 13.2 Å². The average Bonchev–Trinajstić information content (AvgIpc) is 2.25. The molecule has 0 aliphatic rings. The number of alkyl halides is 4. The van der Waals surface area contributed by atoms with Crippen molar-refractivity contribution in [2.75, 3.05) is 17.7 Å². The van der Waals surface area contributed by atoms with Crippen LogP contribution in [0.2, 0.25) is 0 Å². The van der Waals surface area contributed by atoms with Crippen LogP contribution in [0.4, 0.5) is 18.9 Å². The SMILES string of the molecule is FC(F)(F)CCNc1cccc(CCCCl)c1. The topological polar surface area (TPSA) is 12.0 Å². The van der Waals surface area contributed by atoms with E-state index in [0.717, 1.165) is 24.1 Å². The number of rotatable bonds is 6. The maximum atomic E-state index is 11.9. The Morgan fingerprint density at radius 1 is 1.24 bits per heavy atom. The van der Waals surface area contributed by atoms with Crippen molar-refractivity contribution in [3.63, 3.8) is 0 Å². The fourth-order valence-electron chi connectivity index (χ4n) is 1.46. The van der Waals surface area contributed by atoms with Crippen LogP contribution in [0.3, 0.4) is 0 Å². The summed E-state index contributed by atoms with van der Waals surface area (Å²) in [7, 11) is 0. The summed E-state index contributed by atoms with van der Waals surface area (Å²) >= 11 is 5.58. The Morgan fingerprint density at radius 2 is 2.00 bits per heavy atom. The Hall–Kier alpha value is -0.900. The first-order valence-electron chi connectivity index (χ1n) is 5.47. The quantitative estimate of drug-likeness (QED) is 0.760. The van der Waals surface area contributed by atoms with Gasteiger partial charge in [-0.15, -0.1) is 11.6 Å². The van der Waals surface area contributed by atoms with E-state index in [9.17, 15) is 13.2 Å². The van der Waals surface area contributed by atoms with Gasteiger partial charge in [0, 0.05) is 18.1 Å². The predicted molar refractivity (Wildman–Crippen MR) is 64.6 cm³/mol. The molecule has 0 heterocycles. The fourth-order valence-corrected chi connectivity index (χ4v) is 1.59. The first-order chi connectivity index (χ1) is 8.01. The zero-order valence-corrected chi connectivity index (χ0v) is 10.1. The monoisotopic (exact) mass is 265 g/mol. The first-order valence-corrected chi connectivity index (χ1v) is 6.00.